The van der Waals surface area contributed by atoms with Crippen LogP contribution in [0.4, 0.5) is 17.6 Å². The Morgan fingerprint density at radius 1 is 0.975 bits per heavy atom. The molecule has 5 rings (SSSR count). The number of nitrogens with zero attached hydrogens (tertiary/aromatic N) is 2. The summed E-state index contributed by atoms with van der Waals surface area (Å²) in [5.41, 5.74) is 1.67. The smallest absolute Gasteiger partial charge is 0.199 e. The topological polar surface area (TPSA) is 59.9 Å². The number of rotatable bonds is 8. The first-order valence-electron chi connectivity index (χ1n) is 12.5. The fraction of sp³-hybridized carbons (Fsp3) is 0.226. The van der Waals surface area contributed by atoms with Crippen LogP contribution in [-0.4, -0.2) is 20.8 Å². The third-order valence-electron chi connectivity index (χ3n) is 6.09. The van der Waals surface area contributed by atoms with Crippen LogP contribution < -0.4 is 4.74 Å². The minimum atomic E-state index is -0.907. The van der Waals surface area contributed by atoms with E-state index in [0.29, 0.717) is 23.2 Å². The van der Waals surface area contributed by atoms with Crippen molar-refractivity contribution in [2.45, 2.75) is 40.5 Å². The molecule has 0 aliphatic heterocycles. The highest BCUT2D eigenvalue weighted by Crippen LogP contribution is 2.35. The number of hydrogen-bond donors (Lipinski definition) is 1. The lowest BCUT2D eigenvalue weighted by atomic mass is 10.0. The van der Waals surface area contributed by atoms with Crippen molar-refractivity contribution in [3.05, 3.63) is 101 Å². The molecule has 5 nitrogen and oxygen atoms in total. The zero-order valence-electron chi connectivity index (χ0n) is 21.7. The van der Waals surface area contributed by atoms with Crippen LogP contribution in [0, 0.1) is 23.3 Å². The summed E-state index contributed by atoms with van der Waals surface area (Å²) < 4.78 is 66.1. The van der Waals surface area contributed by atoms with Crippen molar-refractivity contribution < 1.29 is 27.1 Å². The molecule has 0 aliphatic carbocycles. The van der Waals surface area contributed by atoms with Gasteiger partial charge in [0.15, 0.2) is 17.4 Å². The van der Waals surface area contributed by atoms with Crippen LogP contribution in [0.2, 0.25) is 0 Å². The number of benzene rings is 3. The molecule has 0 saturated heterocycles. The molecule has 40 heavy (non-hydrogen) atoms. The maximum atomic E-state index is 14.9. The van der Waals surface area contributed by atoms with E-state index in [1.165, 1.54) is 24.4 Å². The van der Waals surface area contributed by atoms with E-state index in [0.717, 1.165) is 18.4 Å². The monoisotopic (exact) mass is 553 g/mol. The molecule has 5 aromatic rings. The molecule has 0 bridgehead atoms. The van der Waals surface area contributed by atoms with Gasteiger partial charge in [0, 0.05) is 43.7 Å². The molecular weight excluding hydrogens is 522 g/mol. The second-order valence-corrected chi connectivity index (χ2v) is 8.62. The Kier molecular flexibility index (Phi) is 9.87. The van der Waals surface area contributed by atoms with Crippen LogP contribution in [0.25, 0.3) is 22.3 Å². The minimum absolute atomic E-state index is 0. The second kappa shape index (κ2) is 13.1. The highest BCUT2D eigenvalue weighted by molar-refractivity contribution is 5.82. The van der Waals surface area contributed by atoms with Crippen molar-refractivity contribution in [2.24, 2.45) is 7.05 Å². The average molecular weight is 554 g/mol. The zero-order chi connectivity index (χ0) is 28.1. The minimum Gasteiger partial charge on any atom is -0.451 e. The maximum Gasteiger partial charge on any atom is 0.199 e. The van der Waals surface area contributed by atoms with Crippen molar-refractivity contribution in [3.63, 3.8) is 0 Å². The van der Waals surface area contributed by atoms with E-state index in [-0.39, 0.29) is 48.3 Å². The SMILES string of the molecule is C.CC.Cn1cc(Cc2cccc(CCC=O)c2F)nc1-c1cc(Oc2c(F)cc3[nH]ccc3c2F)ccc1F. The molecule has 3 aromatic carbocycles. The number of ether oxygens (including phenoxy) is 1. The van der Waals surface area contributed by atoms with Gasteiger partial charge in [-0.3, -0.25) is 0 Å². The molecule has 0 aliphatic rings. The Morgan fingerprint density at radius 3 is 2.48 bits per heavy atom. The number of nitrogens with one attached hydrogen (secondary N) is 1. The highest BCUT2D eigenvalue weighted by atomic mass is 19.1. The highest BCUT2D eigenvalue weighted by Gasteiger charge is 2.19. The van der Waals surface area contributed by atoms with E-state index in [1.54, 1.807) is 36.0 Å². The predicted molar refractivity (Wildman–Crippen MR) is 149 cm³/mol. The fourth-order valence-corrected chi connectivity index (χ4v) is 4.30. The number of hydrogen-bond acceptors (Lipinski definition) is 3. The van der Waals surface area contributed by atoms with E-state index >= 15 is 0 Å². The van der Waals surface area contributed by atoms with Crippen LogP contribution in [0.3, 0.4) is 0 Å². The Balaban J connectivity index is 0.00000144. The van der Waals surface area contributed by atoms with Crippen LogP contribution in [0.15, 0.2) is 60.9 Å². The molecular formula is C31H31F4N3O2. The van der Waals surface area contributed by atoms with Crippen LogP contribution in [0.5, 0.6) is 11.5 Å². The average Bonchev–Trinajstić information content (AvgIpc) is 3.55. The van der Waals surface area contributed by atoms with Gasteiger partial charge >= 0.3 is 0 Å². The van der Waals surface area contributed by atoms with Gasteiger partial charge in [-0.2, -0.15) is 0 Å². The Hall–Kier alpha value is -4.40. The molecule has 9 heteroatoms. The number of aldehydes is 1. The first-order chi connectivity index (χ1) is 18.9. The van der Waals surface area contributed by atoms with E-state index < -0.39 is 29.0 Å². The molecule has 1 N–H and O–H groups in total. The lowest BCUT2D eigenvalue weighted by Gasteiger charge is -2.11. The van der Waals surface area contributed by atoms with Crippen molar-refractivity contribution in [3.8, 4) is 22.9 Å². The predicted octanol–water partition coefficient (Wildman–Crippen LogP) is 8.30. The van der Waals surface area contributed by atoms with E-state index in [4.69, 9.17) is 4.74 Å². The van der Waals surface area contributed by atoms with Gasteiger partial charge in [0.1, 0.15) is 29.5 Å². The van der Waals surface area contributed by atoms with Crippen LogP contribution in [0.1, 0.15) is 44.5 Å². The Labute approximate surface area is 230 Å². The van der Waals surface area contributed by atoms with Crippen LogP contribution in [-0.2, 0) is 24.7 Å². The third kappa shape index (κ3) is 6.09. The maximum absolute atomic E-state index is 14.9. The number of carbonyl (C=O) groups is 1. The summed E-state index contributed by atoms with van der Waals surface area (Å²) in [6.07, 6.45) is 4.55. The van der Waals surface area contributed by atoms with Crippen molar-refractivity contribution in [1.82, 2.24) is 14.5 Å². The largest absolute Gasteiger partial charge is 0.451 e. The van der Waals surface area contributed by atoms with Gasteiger partial charge in [-0.15, -0.1) is 0 Å². The summed E-state index contributed by atoms with van der Waals surface area (Å²) in [5.74, 6) is -3.15. The first kappa shape index (κ1) is 30.1. The molecule has 0 unspecified atom stereocenters. The van der Waals surface area contributed by atoms with E-state index in [1.807, 2.05) is 13.8 Å². The van der Waals surface area contributed by atoms with Gasteiger partial charge in [-0.1, -0.05) is 39.5 Å². The number of aryl methyl sites for hydroxylation is 2. The van der Waals surface area contributed by atoms with E-state index in [9.17, 15) is 22.4 Å². The quantitative estimate of drug-likeness (QED) is 0.155. The number of aromatic amines is 1. The number of carbonyl (C=O) groups excluding carboxylic acids is 1. The number of H-pyrrole nitrogens is 1. The van der Waals surface area contributed by atoms with Crippen LogP contribution >= 0.6 is 0 Å². The molecule has 0 spiro atoms. The molecule has 210 valence electrons. The van der Waals surface area contributed by atoms with Crippen molar-refractivity contribution >= 4 is 17.2 Å². The Bertz CT molecular complexity index is 1620. The van der Waals surface area contributed by atoms with Crippen molar-refractivity contribution in [1.29, 1.82) is 0 Å². The normalized spacial score (nSPS) is 10.6. The van der Waals surface area contributed by atoms with Gasteiger partial charge in [0.05, 0.1) is 16.8 Å². The molecule has 2 aromatic heterocycles. The summed E-state index contributed by atoms with van der Waals surface area (Å²) in [6, 6.07) is 11.3. The van der Waals surface area contributed by atoms with E-state index in [2.05, 4.69) is 9.97 Å². The van der Waals surface area contributed by atoms with Gasteiger partial charge in [0.2, 0.25) is 0 Å². The number of imidazole rings is 1. The van der Waals surface area contributed by atoms with Crippen molar-refractivity contribution in [2.75, 3.05) is 0 Å². The van der Waals surface area contributed by atoms with Gasteiger partial charge < -0.3 is 19.1 Å². The van der Waals surface area contributed by atoms with Gasteiger partial charge in [-0.05, 0) is 41.8 Å². The number of aromatic nitrogens is 3. The lowest BCUT2D eigenvalue weighted by Crippen LogP contribution is -1.99. The summed E-state index contributed by atoms with van der Waals surface area (Å²) in [5, 5.41) is 0.162. The summed E-state index contributed by atoms with van der Waals surface area (Å²) in [7, 11) is 1.66. The lowest BCUT2D eigenvalue weighted by molar-refractivity contribution is -0.107. The summed E-state index contributed by atoms with van der Waals surface area (Å²) in [4.78, 5) is 17.9. The molecule has 2 heterocycles. The molecule has 0 atom stereocenters. The summed E-state index contributed by atoms with van der Waals surface area (Å²) >= 11 is 0. The zero-order valence-corrected chi connectivity index (χ0v) is 21.7. The number of halogens is 4. The summed E-state index contributed by atoms with van der Waals surface area (Å²) in [6.45, 7) is 4.00. The second-order valence-electron chi connectivity index (χ2n) is 8.62. The third-order valence-corrected chi connectivity index (χ3v) is 6.09. The molecule has 0 saturated carbocycles. The standard InChI is InChI=1S/C28H21F4N3O2.C2H6.CH4/c1-35-15-18(12-17-5-2-4-16(25(17)31)6-3-11-36)34-28(35)21-13-19(7-8-22(21)29)37-27-23(30)14-24-20(26(27)32)9-10-33-24;1-2;/h2,4-5,7-11,13-15,33H,3,6,12H2,1H3;1-2H3;1H4. The molecule has 0 amide bonds. The molecule has 0 fully saturated rings. The van der Waals surface area contributed by atoms with Gasteiger partial charge in [0.25, 0.3) is 0 Å². The first-order valence-corrected chi connectivity index (χ1v) is 12.5. The number of fused-ring (bicyclic) bond motifs is 1. The van der Waals surface area contributed by atoms with Gasteiger partial charge in [-0.25, -0.2) is 22.5 Å². The Morgan fingerprint density at radius 2 is 1.73 bits per heavy atom. The molecule has 0 radical (unpaired) electrons. The fourth-order valence-electron chi connectivity index (χ4n) is 4.30.